The van der Waals surface area contributed by atoms with Crippen molar-refractivity contribution >= 4 is 23.4 Å². The molecule has 0 aliphatic heterocycles. The van der Waals surface area contributed by atoms with Crippen LogP contribution in [-0.2, 0) is 16.1 Å². The number of hydrogen-bond acceptors (Lipinski definition) is 5. The topological polar surface area (TPSA) is 101 Å². The standard InChI is InChI=1S/C17H19N3O4/c1-24-14-5-3-2-4-12(14)10-18-15-7-6-13(11-19-15)20-16(21)8-9-17(22)23/h2-7,11H,8-10H2,1H3,(H,18,19)(H,20,21)(H,22,23). The molecule has 126 valence electrons. The van der Waals surface area contributed by atoms with Gasteiger partial charge in [0.15, 0.2) is 0 Å². The first kappa shape index (κ1) is 17.3. The summed E-state index contributed by atoms with van der Waals surface area (Å²) in [4.78, 5) is 26.2. The maximum atomic E-state index is 11.6. The van der Waals surface area contributed by atoms with Gasteiger partial charge in [0.05, 0.1) is 25.4 Å². The second-order valence-corrected chi connectivity index (χ2v) is 5.04. The van der Waals surface area contributed by atoms with Crippen LogP contribution in [0.5, 0.6) is 5.75 Å². The molecule has 0 atom stereocenters. The van der Waals surface area contributed by atoms with E-state index in [0.29, 0.717) is 18.1 Å². The molecule has 0 unspecified atom stereocenters. The van der Waals surface area contributed by atoms with E-state index in [9.17, 15) is 9.59 Å². The number of pyridine rings is 1. The Bertz CT molecular complexity index is 701. The third kappa shape index (κ3) is 5.28. The minimum absolute atomic E-state index is 0.0663. The summed E-state index contributed by atoms with van der Waals surface area (Å²) in [5, 5.41) is 14.3. The minimum Gasteiger partial charge on any atom is -0.496 e. The summed E-state index contributed by atoms with van der Waals surface area (Å²) < 4.78 is 5.29. The molecule has 3 N–H and O–H groups in total. The number of ether oxygens (including phenoxy) is 1. The Morgan fingerprint density at radius 1 is 1.17 bits per heavy atom. The zero-order valence-corrected chi connectivity index (χ0v) is 13.3. The van der Waals surface area contributed by atoms with Gasteiger partial charge in [0.2, 0.25) is 5.91 Å². The second-order valence-electron chi connectivity index (χ2n) is 5.04. The monoisotopic (exact) mass is 329 g/mol. The van der Waals surface area contributed by atoms with Crippen molar-refractivity contribution < 1.29 is 19.4 Å². The van der Waals surface area contributed by atoms with Gasteiger partial charge in [-0.05, 0) is 18.2 Å². The SMILES string of the molecule is COc1ccccc1CNc1ccc(NC(=O)CCC(=O)O)cn1. The number of benzene rings is 1. The van der Waals surface area contributed by atoms with Gasteiger partial charge in [0.25, 0.3) is 0 Å². The van der Waals surface area contributed by atoms with Gasteiger partial charge >= 0.3 is 5.97 Å². The fraction of sp³-hybridized carbons (Fsp3) is 0.235. The highest BCUT2D eigenvalue weighted by molar-refractivity contribution is 5.92. The average Bonchev–Trinajstić information content (AvgIpc) is 2.59. The van der Waals surface area contributed by atoms with E-state index in [1.807, 2.05) is 24.3 Å². The number of carboxylic acids is 1. The van der Waals surface area contributed by atoms with Crippen LogP contribution in [0.2, 0.25) is 0 Å². The number of methoxy groups -OCH3 is 1. The summed E-state index contributed by atoms with van der Waals surface area (Å²) in [5.41, 5.74) is 1.53. The van der Waals surface area contributed by atoms with Crippen LogP contribution in [0, 0.1) is 0 Å². The lowest BCUT2D eigenvalue weighted by Gasteiger charge is -2.10. The number of nitrogens with one attached hydrogen (secondary N) is 2. The van der Waals surface area contributed by atoms with Crippen LogP contribution in [0.15, 0.2) is 42.6 Å². The Kier molecular flexibility index (Phi) is 6.13. The quantitative estimate of drug-likeness (QED) is 0.688. The summed E-state index contributed by atoms with van der Waals surface area (Å²) in [7, 11) is 1.62. The van der Waals surface area contributed by atoms with Crippen molar-refractivity contribution in [1.82, 2.24) is 4.98 Å². The van der Waals surface area contributed by atoms with Crippen LogP contribution in [0.25, 0.3) is 0 Å². The number of nitrogens with zero attached hydrogens (tertiary/aromatic N) is 1. The van der Waals surface area contributed by atoms with Gasteiger partial charge < -0.3 is 20.5 Å². The second kappa shape index (κ2) is 8.52. The summed E-state index contributed by atoms with van der Waals surface area (Å²) in [6.45, 7) is 0.557. The molecular formula is C17H19N3O4. The van der Waals surface area contributed by atoms with Gasteiger partial charge in [0.1, 0.15) is 11.6 Å². The summed E-state index contributed by atoms with van der Waals surface area (Å²) in [5.74, 6) is 0.102. The van der Waals surface area contributed by atoms with E-state index in [0.717, 1.165) is 11.3 Å². The van der Waals surface area contributed by atoms with E-state index in [1.54, 1.807) is 19.2 Å². The van der Waals surface area contributed by atoms with Crippen molar-refractivity contribution in [1.29, 1.82) is 0 Å². The maximum absolute atomic E-state index is 11.6. The molecule has 1 heterocycles. The number of anilines is 2. The van der Waals surface area contributed by atoms with E-state index in [-0.39, 0.29) is 18.7 Å². The maximum Gasteiger partial charge on any atom is 0.303 e. The van der Waals surface area contributed by atoms with Crippen molar-refractivity contribution in [3.8, 4) is 5.75 Å². The summed E-state index contributed by atoms with van der Waals surface area (Å²) in [6.07, 6.45) is 1.25. The number of amides is 1. The van der Waals surface area contributed by atoms with Gasteiger partial charge in [-0.2, -0.15) is 0 Å². The lowest BCUT2D eigenvalue weighted by atomic mass is 10.2. The molecule has 7 nitrogen and oxygen atoms in total. The Morgan fingerprint density at radius 2 is 1.96 bits per heavy atom. The highest BCUT2D eigenvalue weighted by Crippen LogP contribution is 2.18. The van der Waals surface area contributed by atoms with E-state index in [2.05, 4.69) is 15.6 Å². The van der Waals surface area contributed by atoms with Crippen LogP contribution in [-0.4, -0.2) is 29.1 Å². The van der Waals surface area contributed by atoms with E-state index in [4.69, 9.17) is 9.84 Å². The normalized spacial score (nSPS) is 10.0. The molecule has 0 radical (unpaired) electrons. The van der Waals surface area contributed by atoms with Crippen LogP contribution >= 0.6 is 0 Å². The third-order valence-electron chi connectivity index (χ3n) is 3.27. The van der Waals surface area contributed by atoms with Crippen LogP contribution < -0.4 is 15.4 Å². The van der Waals surface area contributed by atoms with Crippen LogP contribution in [0.3, 0.4) is 0 Å². The average molecular weight is 329 g/mol. The van der Waals surface area contributed by atoms with Crippen molar-refractivity contribution in [2.45, 2.75) is 19.4 Å². The van der Waals surface area contributed by atoms with Crippen molar-refractivity contribution in [2.24, 2.45) is 0 Å². The summed E-state index contributed by atoms with van der Waals surface area (Å²) >= 11 is 0. The van der Waals surface area contributed by atoms with Crippen LogP contribution in [0.1, 0.15) is 18.4 Å². The smallest absolute Gasteiger partial charge is 0.303 e. The molecular weight excluding hydrogens is 310 g/mol. The molecule has 2 aromatic rings. The molecule has 1 aromatic carbocycles. The molecule has 1 amide bonds. The lowest BCUT2D eigenvalue weighted by molar-refractivity contribution is -0.138. The van der Waals surface area contributed by atoms with Gasteiger partial charge in [-0.3, -0.25) is 9.59 Å². The molecule has 0 aliphatic rings. The van der Waals surface area contributed by atoms with Crippen molar-refractivity contribution in [3.63, 3.8) is 0 Å². The molecule has 0 saturated carbocycles. The highest BCUT2D eigenvalue weighted by atomic mass is 16.5. The van der Waals surface area contributed by atoms with Crippen LogP contribution in [0.4, 0.5) is 11.5 Å². The third-order valence-corrected chi connectivity index (χ3v) is 3.27. The Morgan fingerprint density at radius 3 is 2.62 bits per heavy atom. The number of rotatable bonds is 8. The molecule has 0 saturated heterocycles. The number of carboxylic acid groups (broad SMARTS) is 1. The Balaban J connectivity index is 1.88. The Hall–Kier alpha value is -3.09. The van der Waals surface area contributed by atoms with E-state index < -0.39 is 5.97 Å². The first-order valence-corrected chi connectivity index (χ1v) is 7.42. The van der Waals surface area contributed by atoms with Gasteiger partial charge in [-0.15, -0.1) is 0 Å². The fourth-order valence-electron chi connectivity index (χ4n) is 2.05. The van der Waals surface area contributed by atoms with Crippen molar-refractivity contribution in [2.75, 3.05) is 17.7 Å². The van der Waals surface area contributed by atoms with Crippen molar-refractivity contribution in [3.05, 3.63) is 48.2 Å². The van der Waals surface area contributed by atoms with Gasteiger partial charge in [-0.25, -0.2) is 4.98 Å². The molecule has 7 heteroatoms. The van der Waals surface area contributed by atoms with Gasteiger partial charge in [-0.1, -0.05) is 18.2 Å². The highest BCUT2D eigenvalue weighted by Gasteiger charge is 2.06. The number of carbonyl (C=O) groups is 2. The molecule has 0 aliphatic carbocycles. The molecule has 24 heavy (non-hydrogen) atoms. The first-order valence-electron chi connectivity index (χ1n) is 7.42. The molecule has 0 bridgehead atoms. The molecule has 0 fully saturated rings. The first-order chi connectivity index (χ1) is 11.6. The predicted molar refractivity (Wildman–Crippen MR) is 90.1 cm³/mol. The predicted octanol–water partition coefficient (Wildman–Crippen LogP) is 2.51. The lowest BCUT2D eigenvalue weighted by Crippen LogP contribution is -2.13. The summed E-state index contributed by atoms with van der Waals surface area (Å²) in [6, 6.07) is 11.1. The number of para-hydroxylation sites is 1. The zero-order chi connectivity index (χ0) is 17.4. The molecule has 1 aromatic heterocycles. The van der Waals surface area contributed by atoms with E-state index in [1.165, 1.54) is 6.20 Å². The fourth-order valence-corrected chi connectivity index (χ4v) is 2.05. The number of carbonyl (C=O) groups excluding carboxylic acids is 1. The largest absolute Gasteiger partial charge is 0.496 e. The number of aromatic nitrogens is 1. The number of hydrogen-bond donors (Lipinski definition) is 3. The molecule has 0 spiro atoms. The zero-order valence-electron chi connectivity index (χ0n) is 13.3. The van der Waals surface area contributed by atoms with Gasteiger partial charge in [0, 0.05) is 18.5 Å². The number of aliphatic carboxylic acids is 1. The Labute approximate surface area is 139 Å². The molecule has 2 rings (SSSR count). The minimum atomic E-state index is -1.00. The van der Waals surface area contributed by atoms with E-state index >= 15 is 0 Å².